The Morgan fingerprint density at radius 1 is 1.28 bits per heavy atom. The fourth-order valence-corrected chi connectivity index (χ4v) is 3.56. The maximum Gasteiger partial charge on any atom is 0.328 e. The number of esters is 1. The number of para-hydroxylation sites is 1. The number of fused-ring (bicyclic) bond motifs is 1. The number of aryl methyl sites for hydroxylation is 1. The highest BCUT2D eigenvalue weighted by atomic mass is 32.2. The highest BCUT2D eigenvalue weighted by Crippen LogP contribution is 2.21. The van der Waals surface area contributed by atoms with Crippen LogP contribution in [0.25, 0.3) is 10.9 Å². The molecule has 1 aromatic carbocycles. The number of carbonyl (C=O) groups is 3. The van der Waals surface area contributed by atoms with Gasteiger partial charge in [-0.05, 0) is 36.5 Å². The van der Waals surface area contributed by atoms with Crippen LogP contribution in [0.3, 0.4) is 0 Å². The van der Waals surface area contributed by atoms with Gasteiger partial charge >= 0.3 is 5.97 Å². The van der Waals surface area contributed by atoms with E-state index in [0.717, 1.165) is 16.5 Å². The molecule has 8 nitrogen and oxygen atoms in total. The molecule has 0 spiro atoms. The van der Waals surface area contributed by atoms with Crippen molar-refractivity contribution in [2.24, 2.45) is 12.8 Å². The van der Waals surface area contributed by atoms with E-state index in [0.29, 0.717) is 18.6 Å². The van der Waals surface area contributed by atoms with Crippen LogP contribution in [0.4, 0.5) is 0 Å². The zero-order chi connectivity index (χ0) is 21.4. The van der Waals surface area contributed by atoms with E-state index >= 15 is 0 Å². The van der Waals surface area contributed by atoms with Gasteiger partial charge in [0.1, 0.15) is 6.04 Å². The molecule has 0 radical (unpaired) electrons. The quantitative estimate of drug-likeness (QED) is 0.484. The second kappa shape index (κ2) is 10.9. The van der Waals surface area contributed by atoms with Gasteiger partial charge < -0.3 is 25.7 Å². The van der Waals surface area contributed by atoms with Crippen LogP contribution in [-0.2, 0) is 32.6 Å². The molecule has 29 heavy (non-hydrogen) atoms. The number of benzene rings is 1. The van der Waals surface area contributed by atoms with Crippen LogP contribution in [0.2, 0.25) is 0 Å². The van der Waals surface area contributed by atoms with Crippen LogP contribution in [0.1, 0.15) is 12.0 Å². The number of nitrogens with one attached hydrogen (secondary N) is 2. The maximum atomic E-state index is 12.3. The number of methoxy groups -OCH3 is 1. The zero-order valence-corrected chi connectivity index (χ0v) is 17.8. The van der Waals surface area contributed by atoms with Crippen molar-refractivity contribution in [3.8, 4) is 0 Å². The summed E-state index contributed by atoms with van der Waals surface area (Å²) in [5.41, 5.74) is 8.08. The number of nitrogens with zero attached hydrogens (tertiary/aromatic N) is 1. The summed E-state index contributed by atoms with van der Waals surface area (Å²) >= 11 is 1.56. The maximum absolute atomic E-state index is 12.3. The van der Waals surface area contributed by atoms with Gasteiger partial charge in [-0.2, -0.15) is 11.8 Å². The summed E-state index contributed by atoms with van der Waals surface area (Å²) in [7, 11) is 3.21. The van der Waals surface area contributed by atoms with Gasteiger partial charge in [0.05, 0.1) is 19.7 Å². The average Bonchev–Trinajstić information content (AvgIpc) is 3.04. The predicted octanol–water partition coefficient (Wildman–Crippen LogP) is 0.575. The lowest BCUT2D eigenvalue weighted by Gasteiger charge is -2.17. The predicted molar refractivity (Wildman–Crippen MR) is 115 cm³/mol. The van der Waals surface area contributed by atoms with E-state index < -0.39 is 29.9 Å². The first kappa shape index (κ1) is 22.8. The Morgan fingerprint density at radius 2 is 2.00 bits per heavy atom. The van der Waals surface area contributed by atoms with Crippen molar-refractivity contribution < 1.29 is 19.1 Å². The van der Waals surface area contributed by atoms with Gasteiger partial charge in [0, 0.05) is 24.1 Å². The second-order valence-corrected chi connectivity index (χ2v) is 7.72. The first-order valence-electron chi connectivity index (χ1n) is 9.29. The number of ether oxygens (including phenoxy) is 1. The van der Waals surface area contributed by atoms with Crippen LogP contribution in [0.5, 0.6) is 0 Å². The molecule has 0 unspecified atom stereocenters. The second-order valence-electron chi connectivity index (χ2n) is 6.74. The van der Waals surface area contributed by atoms with E-state index in [1.165, 1.54) is 7.11 Å². The lowest BCUT2D eigenvalue weighted by Crippen LogP contribution is -2.49. The van der Waals surface area contributed by atoms with E-state index in [9.17, 15) is 14.4 Å². The molecule has 0 aliphatic rings. The van der Waals surface area contributed by atoms with Crippen molar-refractivity contribution in [1.29, 1.82) is 0 Å². The van der Waals surface area contributed by atoms with Gasteiger partial charge in [0.2, 0.25) is 11.8 Å². The van der Waals surface area contributed by atoms with E-state index in [2.05, 4.69) is 10.6 Å². The molecule has 0 aliphatic heterocycles. The SMILES string of the molecule is COC(=O)[C@@H](CCSC)NC(=O)CNC(=O)[C@@H](N)Cc1cn(C)c2ccccc12. The van der Waals surface area contributed by atoms with Crippen LogP contribution in [0.15, 0.2) is 30.5 Å². The number of carbonyl (C=O) groups excluding carboxylic acids is 3. The molecule has 0 aliphatic carbocycles. The first-order chi connectivity index (χ1) is 13.9. The van der Waals surface area contributed by atoms with Crippen molar-refractivity contribution >= 4 is 40.4 Å². The topological polar surface area (TPSA) is 115 Å². The van der Waals surface area contributed by atoms with E-state index in [-0.39, 0.29) is 6.54 Å². The van der Waals surface area contributed by atoms with Gasteiger partial charge in [-0.25, -0.2) is 4.79 Å². The molecular formula is C20H28N4O4S. The minimum absolute atomic E-state index is 0.255. The summed E-state index contributed by atoms with van der Waals surface area (Å²) in [6.07, 6.45) is 4.67. The standard InChI is InChI=1S/C20H28N4O4S/c1-24-12-13(14-6-4-5-7-17(14)24)10-15(21)19(26)22-11-18(25)23-16(8-9-29-3)20(27)28-2/h4-7,12,15-16H,8-11,21H2,1-3H3,(H,22,26)(H,23,25)/t15-,16+/m0/s1. The minimum Gasteiger partial charge on any atom is -0.467 e. The number of thioether (sulfide) groups is 1. The van der Waals surface area contributed by atoms with Crippen molar-refractivity contribution in [3.63, 3.8) is 0 Å². The number of aromatic nitrogens is 1. The highest BCUT2D eigenvalue weighted by molar-refractivity contribution is 7.98. The lowest BCUT2D eigenvalue weighted by molar-refractivity contribution is -0.145. The molecule has 1 heterocycles. The third-order valence-electron chi connectivity index (χ3n) is 4.61. The molecule has 4 N–H and O–H groups in total. The van der Waals surface area contributed by atoms with E-state index in [1.54, 1.807) is 11.8 Å². The lowest BCUT2D eigenvalue weighted by atomic mass is 10.1. The minimum atomic E-state index is -0.790. The summed E-state index contributed by atoms with van der Waals surface area (Å²) < 4.78 is 6.70. The molecule has 0 fully saturated rings. The molecule has 0 saturated carbocycles. The average molecular weight is 421 g/mol. The summed E-state index contributed by atoms with van der Waals surface area (Å²) in [4.78, 5) is 36.2. The normalized spacial score (nSPS) is 13.0. The molecular weight excluding hydrogens is 392 g/mol. The van der Waals surface area contributed by atoms with Crippen molar-refractivity contribution in [2.75, 3.05) is 25.7 Å². The van der Waals surface area contributed by atoms with Crippen molar-refractivity contribution in [2.45, 2.75) is 24.9 Å². The number of hydrogen-bond donors (Lipinski definition) is 3. The molecule has 2 amide bonds. The first-order valence-corrected chi connectivity index (χ1v) is 10.7. The summed E-state index contributed by atoms with van der Waals surface area (Å²) in [6.45, 7) is -0.255. The molecule has 158 valence electrons. The molecule has 0 bridgehead atoms. The van der Waals surface area contributed by atoms with E-state index in [4.69, 9.17) is 10.5 Å². The van der Waals surface area contributed by atoms with Crippen LogP contribution in [-0.4, -0.2) is 60.1 Å². The highest BCUT2D eigenvalue weighted by Gasteiger charge is 2.22. The van der Waals surface area contributed by atoms with Crippen molar-refractivity contribution in [3.05, 3.63) is 36.0 Å². The molecule has 9 heteroatoms. The zero-order valence-electron chi connectivity index (χ0n) is 16.9. The smallest absolute Gasteiger partial charge is 0.328 e. The fraction of sp³-hybridized carbons (Fsp3) is 0.450. The monoisotopic (exact) mass is 420 g/mol. The van der Waals surface area contributed by atoms with Gasteiger partial charge in [-0.3, -0.25) is 9.59 Å². The Bertz CT molecular complexity index is 867. The Labute approximate surface area is 174 Å². The summed E-state index contributed by atoms with van der Waals surface area (Å²) in [6, 6.07) is 6.37. The van der Waals surface area contributed by atoms with Crippen molar-refractivity contribution in [1.82, 2.24) is 15.2 Å². The van der Waals surface area contributed by atoms with Crippen LogP contribution in [0, 0.1) is 0 Å². The van der Waals surface area contributed by atoms with Gasteiger partial charge in [0.15, 0.2) is 0 Å². The molecule has 0 saturated heterocycles. The van der Waals surface area contributed by atoms with E-state index in [1.807, 2.05) is 48.3 Å². The summed E-state index contributed by atoms with van der Waals surface area (Å²) in [5, 5.41) is 6.17. The Hall–Kier alpha value is -2.52. The molecule has 2 atom stereocenters. The molecule has 2 rings (SSSR count). The van der Waals surface area contributed by atoms with Crippen LogP contribution < -0.4 is 16.4 Å². The number of amides is 2. The summed E-state index contributed by atoms with van der Waals surface area (Å²) in [5.74, 6) is -0.701. The molecule has 1 aromatic heterocycles. The third-order valence-corrected chi connectivity index (χ3v) is 5.25. The Balaban J connectivity index is 1.88. The molecule has 2 aromatic rings. The fourth-order valence-electron chi connectivity index (χ4n) is 3.09. The number of nitrogens with two attached hydrogens (primary N) is 1. The van der Waals surface area contributed by atoms with Gasteiger partial charge in [0.25, 0.3) is 0 Å². The largest absolute Gasteiger partial charge is 0.467 e. The van der Waals surface area contributed by atoms with Gasteiger partial charge in [-0.1, -0.05) is 18.2 Å². The van der Waals surface area contributed by atoms with Gasteiger partial charge in [-0.15, -0.1) is 0 Å². The Morgan fingerprint density at radius 3 is 2.69 bits per heavy atom. The third kappa shape index (κ3) is 6.23. The Kier molecular flexibility index (Phi) is 8.53. The number of rotatable bonds is 10. The van der Waals surface area contributed by atoms with Crippen LogP contribution >= 0.6 is 11.8 Å². The number of hydrogen-bond acceptors (Lipinski definition) is 6.